The van der Waals surface area contributed by atoms with E-state index >= 15 is 0 Å². The third-order valence-electron chi connectivity index (χ3n) is 4.06. The van der Waals surface area contributed by atoms with E-state index in [1.807, 2.05) is 11.4 Å². The molecule has 1 unspecified atom stereocenters. The van der Waals surface area contributed by atoms with Crippen LogP contribution in [0.15, 0.2) is 17.6 Å². The lowest BCUT2D eigenvalue weighted by Crippen LogP contribution is -2.45. The zero-order valence-corrected chi connectivity index (χ0v) is 12.7. The molecule has 1 aliphatic heterocycles. The van der Waals surface area contributed by atoms with Gasteiger partial charge in [0.05, 0.1) is 17.6 Å². The second-order valence-electron chi connectivity index (χ2n) is 5.22. The Balaban J connectivity index is 1.71. The predicted molar refractivity (Wildman–Crippen MR) is 77.9 cm³/mol. The van der Waals surface area contributed by atoms with Gasteiger partial charge in [0.15, 0.2) is 0 Å². The molecule has 1 aliphatic carbocycles. The quantitative estimate of drug-likeness (QED) is 0.857. The summed E-state index contributed by atoms with van der Waals surface area (Å²) in [5.41, 5.74) is 0.116. The second kappa shape index (κ2) is 4.60. The standard InChI is InChI=1S/C13H12N4O2S2/c18-11-13(4-1-2-10-9(13)3-5-20-10)15-12(19)17(11)7-8-6-14-16-21-8/h3,5-6H,1-2,4,7H2,(H,15,19). The first kappa shape index (κ1) is 12.9. The van der Waals surface area contributed by atoms with Gasteiger partial charge in [-0.2, -0.15) is 0 Å². The largest absolute Gasteiger partial charge is 0.325 e. The van der Waals surface area contributed by atoms with Crippen LogP contribution in [0.3, 0.4) is 0 Å². The average molecular weight is 320 g/mol. The fraction of sp³-hybridized carbons (Fsp3) is 0.385. The van der Waals surface area contributed by atoms with Crippen molar-refractivity contribution in [3.63, 3.8) is 0 Å². The minimum Gasteiger partial charge on any atom is -0.319 e. The van der Waals surface area contributed by atoms with Crippen LogP contribution in [0.5, 0.6) is 0 Å². The van der Waals surface area contributed by atoms with Crippen LogP contribution < -0.4 is 5.32 Å². The van der Waals surface area contributed by atoms with E-state index in [2.05, 4.69) is 14.9 Å². The molecule has 8 heteroatoms. The molecule has 6 nitrogen and oxygen atoms in total. The van der Waals surface area contributed by atoms with E-state index in [0.717, 1.165) is 23.3 Å². The maximum absolute atomic E-state index is 12.9. The van der Waals surface area contributed by atoms with Gasteiger partial charge in [-0.25, -0.2) is 4.79 Å². The van der Waals surface area contributed by atoms with Crippen molar-refractivity contribution in [2.45, 2.75) is 31.3 Å². The van der Waals surface area contributed by atoms with Crippen LogP contribution in [-0.4, -0.2) is 26.4 Å². The molecule has 2 aliphatic rings. The smallest absolute Gasteiger partial charge is 0.319 e. The van der Waals surface area contributed by atoms with E-state index in [9.17, 15) is 9.59 Å². The topological polar surface area (TPSA) is 75.2 Å². The van der Waals surface area contributed by atoms with E-state index < -0.39 is 5.54 Å². The number of imide groups is 1. The maximum Gasteiger partial charge on any atom is 0.325 e. The van der Waals surface area contributed by atoms with E-state index in [-0.39, 0.29) is 18.5 Å². The summed E-state index contributed by atoms with van der Waals surface area (Å²) in [6.07, 6.45) is 4.15. The fourth-order valence-electron chi connectivity index (χ4n) is 3.10. The number of nitrogens with one attached hydrogen (secondary N) is 1. The summed E-state index contributed by atoms with van der Waals surface area (Å²) in [5.74, 6) is -0.153. The van der Waals surface area contributed by atoms with Gasteiger partial charge in [-0.1, -0.05) is 4.49 Å². The molecule has 1 saturated heterocycles. The van der Waals surface area contributed by atoms with Crippen LogP contribution in [0.25, 0.3) is 0 Å². The van der Waals surface area contributed by atoms with Gasteiger partial charge in [-0.15, -0.1) is 16.4 Å². The van der Waals surface area contributed by atoms with Crippen molar-refractivity contribution in [3.05, 3.63) is 33.0 Å². The molecule has 2 aromatic heterocycles. The summed E-state index contributed by atoms with van der Waals surface area (Å²) in [7, 11) is 0. The number of hydrogen-bond acceptors (Lipinski definition) is 6. The molecule has 1 spiro atoms. The molecule has 2 aromatic rings. The van der Waals surface area contributed by atoms with Crippen LogP contribution in [-0.2, 0) is 23.3 Å². The molecule has 108 valence electrons. The Hall–Kier alpha value is -1.80. The van der Waals surface area contributed by atoms with Crippen LogP contribution in [0.4, 0.5) is 4.79 Å². The first-order valence-electron chi connectivity index (χ1n) is 6.68. The third-order valence-corrected chi connectivity index (χ3v) is 5.68. The first-order valence-corrected chi connectivity index (χ1v) is 8.33. The Morgan fingerprint density at radius 2 is 2.33 bits per heavy atom. The number of carbonyl (C=O) groups is 2. The number of rotatable bonds is 2. The fourth-order valence-corrected chi connectivity index (χ4v) is 4.58. The van der Waals surface area contributed by atoms with Gasteiger partial charge >= 0.3 is 6.03 Å². The van der Waals surface area contributed by atoms with E-state index in [4.69, 9.17) is 0 Å². The molecule has 1 fully saturated rings. The Morgan fingerprint density at radius 3 is 3.14 bits per heavy atom. The lowest BCUT2D eigenvalue weighted by atomic mass is 9.80. The summed E-state index contributed by atoms with van der Waals surface area (Å²) in [4.78, 5) is 28.5. The van der Waals surface area contributed by atoms with Crippen molar-refractivity contribution >= 4 is 34.8 Å². The Bertz CT molecular complexity index is 712. The lowest BCUT2D eigenvalue weighted by Gasteiger charge is -2.31. The van der Waals surface area contributed by atoms with E-state index in [1.54, 1.807) is 17.5 Å². The van der Waals surface area contributed by atoms with Crippen LogP contribution >= 0.6 is 22.9 Å². The third kappa shape index (κ3) is 1.82. The second-order valence-corrected chi connectivity index (χ2v) is 7.09. The molecule has 0 radical (unpaired) electrons. The minimum atomic E-state index is -0.858. The number of carbonyl (C=O) groups excluding carboxylic acids is 2. The molecule has 3 amide bonds. The Kier molecular flexibility index (Phi) is 2.83. The van der Waals surface area contributed by atoms with Gasteiger partial charge in [0.1, 0.15) is 5.54 Å². The van der Waals surface area contributed by atoms with Crippen LogP contribution in [0.1, 0.15) is 28.2 Å². The highest BCUT2D eigenvalue weighted by Gasteiger charge is 2.54. The molecule has 0 bridgehead atoms. The van der Waals surface area contributed by atoms with E-state index in [0.29, 0.717) is 6.42 Å². The van der Waals surface area contributed by atoms with Crippen molar-refractivity contribution in [2.75, 3.05) is 0 Å². The molecule has 0 saturated carbocycles. The molecule has 21 heavy (non-hydrogen) atoms. The Morgan fingerprint density at radius 1 is 1.43 bits per heavy atom. The summed E-state index contributed by atoms with van der Waals surface area (Å²) in [5, 5.41) is 8.67. The van der Waals surface area contributed by atoms with Gasteiger partial charge in [-0.3, -0.25) is 9.69 Å². The number of urea groups is 1. The number of hydrogen-bond donors (Lipinski definition) is 1. The minimum absolute atomic E-state index is 0.153. The maximum atomic E-state index is 12.9. The first-order chi connectivity index (χ1) is 10.2. The zero-order valence-electron chi connectivity index (χ0n) is 11.0. The van der Waals surface area contributed by atoms with Gasteiger partial charge in [0.2, 0.25) is 0 Å². The number of aromatic nitrogens is 2. The van der Waals surface area contributed by atoms with E-state index in [1.165, 1.54) is 21.3 Å². The van der Waals surface area contributed by atoms with Crippen molar-refractivity contribution in [3.8, 4) is 0 Å². The summed E-state index contributed by atoms with van der Waals surface area (Å²) < 4.78 is 3.77. The van der Waals surface area contributed by atoms with Crippen molar-refractivity contribution in [1.29, 1.82) is 0 Å². The van der Waals surface area contributed by atoms with Gasteiger partial charge < -0.3 is 5.32 Å². The molecular formula is C13H12N4O2S2. The van der Waals surface area contributed by atoms with Gasteiger partial charge in [0.25, 0.3) is 5.91 Å². The normalized spacial score (nSPS) is 24.5. The number of thiophene rings is 1. The highest BCUT2D eigenvalue weighted by Crippen LogP contribution is 2.42. The number of aryl methyl sites for hydroxylation is 1. The summed E-state index contributed by atoms with van der Waals surface area (Å²) >= 11 is 2.86. The van der Waals surface area contributed by atoms with Crippen molar-refractivity contribution in [1.82, 2.24) is 19.8 Å². The molecule has 1 N–H and O–H groups in total. The molecular weight excluding hydrogens is 308 g/mol. The number of amides is 3. The van der Waals surface area contributed by atoms with Crippen molar-refractivity contribution in [2.24, 2.45) is 0 Å². The Labute approximate surface area is 128 Å². The molecule has 3 heterocycles. The molecule has 0 aromatic carbocycles. The highest BCUT2D eigenvalue weighted by atomic mass is 32.1. The van der Waals surface area contributed by atoms with Crippen LogP contribution in [0.2, 0.25) is 0 Å². The molecule has 1 atom stereocenters. The van der Waals surface area contributed by atoms with Gasteiger partial charge in [-0.05, 0) is 42.2 Å². The van der Waals surface area contributed by atoms with Crippen molar-refractivity contribution < 1.29 is 9.59 Å². The monoisotopic (exact) mass is 320 g/mol. The predicted octanol–water partition coefficient (Wildman–Crippen LogP) is 1.88. The molecule has 4 rings (SSSR count). The summed E-state index contributed by atoms with van der Waals surface area (Å²) in [6, 6.07) is 1.64. The SMILES string of the molecule is O=C1NC2(CCCc3sccc32)C(=O)N1Cc1cnns1. The van der Waals surface area contributed by atoms with Gasteiger partial charge in [0, 0.05) is 10.4 Å². The van der Waals surface area contributed by atoms with Crippen LogP contribution in [0, 0.1) is 0 Å². The average Bonchev–Trinajstić information content (AvgIpc) is 3.18. The summed E-state index contributed by atoms with van der Waals surface area (Å²) in [6.45, 7) is 0.240. The number of fused-ring (bicyclic) bond motifs is 2. The number of nitrogens with zero attached hydrogens (tertiary/aromatic N) is 3. The zero-order chi connectivity index (χ0) is 14.4. The highest BCUT2D eigenvalue weighted by molar-refractivity contribution is 7.10. The lowest BCUT2D eigenvalue weighted by molar-refractivity contribution is -0.132.